The average molecular weight is 248 g/mol. The van der Waals surface area contributed by atoms with E-state index in [2.05, 4.69) is 4.42 Å². The third-order valence-corrected chi connectivity index (χ3v) is 2.64. The molecule has 0 aromatic carbocycles. The molecule has 0 fully saturated rings. The van der Waals surface area contributed by atoms with E-state index < -0.39 is 28.9 Å². The second-order valence-corrected chi connectivity index (χ2v) is 3.70. The molecule has 0 bridgehead atoms. The smallest absolute Gasteiger partial charge is 0.417 e. The van der Waals surface area contributed by atoms with Gasteiger partial charge in [0.1, 0.15) is 5.76 Å². The number of hydrogen-bond donors (Lipinski definition) is 1. The van der Waals surface area contributed by atoms with Gasteiger partial charge in [0.15, 0.2) is 5.56 Å². The minimum atomic E-state index is -4.86. The molecule has 1 aromatic rings. The summed E-state index contributed by atoms with van der Waals surface area (Å²) in [6.07, 6.45) is -4.13. The van der Waals surface area contributed by atoms with Crippen LogP contribution in [0.25, 0.3) is 0 Å². The SMILES string of the molecule is O=C(O)c1c(C(F)(F)F)c2c(oc1=O)CCC2. The van der Waals surface area contributed by atoms with Crippen LogP contribution in [-0.4, -0.2) is 11.1 Å². The fourth-order valence-corrected chi connectivity index (χ4v) is 2.02. The summed E-state index contributed by atoms with van der Waals surface area (Å²) in [6.45, 7) is 0. The number of carboxylic acids is 1. The first-order valence-electron chi connectivity index (χ1n) is 4.81. The van der Waals surface area contributed by atoms with Crippen LogP contribution in [0.4, 0.5) is 13.2 Å². The molecule has 0 atom stereocenters. The van der Waals surface area contributed by atoms with Crippen molar-refractivity contribution >= 4 is 5.97 Å². The van der Waals surface area contributed by atoms with E-state index in [1.54, 1.807) is 0 Å². The number of carboxylic acid groups (broad SMARTS) is 1. The fourth-order valence-electron chi connectivity index (χ4n) is 2.02. The van der Waals surface area contributed by atoms with Gasteiger partial charge in [-0.05, 0) is 12.8 Å². The maximum Gasteiger partial charge on any atom is 0.417 e. The summed E-state index contributed by atoms with van der Waals surface area (Å²) >= 11 is 0. The van der Waals surface area contributed by atoms with Gasteiger partial charge < -0.3 is 9.52 Å². The van der Waals surface area contributed by atoms with Gasteiger partial charge in [-0.15, -0.1) is 0 Å². The molecule has 0 spiro atoms. The molecular formula is C10H7F3O4. The van der Waals surface area contributed by atoms with Gasteiger partial charge in [-0.1, -0.05) is 0 Å². The van der Waals surface area contributed by atoms with E-state index in [1.807, 2.05) is 0 Å². The van der Waals surface area contributed by atoms with Crippen LogP contribution in [0, 0.1) is 0 Å². The lowest BCUT2D eigenvalue weighted by atomic mass is 10.0. The first kappa shape index (κ1) is 11.7. The van der Waals surface area contributed by atoms with Gasteiger partial charge in [-0.2, -0.15) is 13.2 Å². The summed E-state index contributed by atoms with van der Waals surface area (Å²) in [5.41, 5.74) is -4.31. The maximum absolute atomic E-state index is 12.8. The Kier molecular flexibility index (Phi) is 2.48. The molecule has 7 heteroatoms. The molecule has 4 nitrogen and oxygen atoms in total. The van der Waals surface area contributed by atoms with Gasteiger partial charge in [0.05, 0.1) is 5.56 Å². The van der Waals surface area contributed by atoms with Crippen molar-refractivity contribution in [3.63, 3.8) is 0 Å². The number of aryl methyl sites for hydroxylation is 1. The van der Waals surface area contributed by atoms with Crippen molar-refractivity contribution in [3.8, 4) is 0 Å². The van der Waals surface area contributed by atoms with Crippen LogP contribution in [0.15, 0.2) is 9.21 Å². The van der Waals surface area contributed by atoms with E-state index >= 15 is 0 Å². The van der Waals surface area contributed by atoms with Crippen LogP contribution in [0.1, 0.15) is 33.7 Å². The summed E-state index contributed by atoms with van der Waals surface area (Å²) in [5.74, 6) is -1.96. The number of aromatic carboxylic acids is 1. The number of alkyl halides is 3. The summed E-state index contributed by atoms with van der Waals surface area (Å²) in [4.78, 5) is 22.0. The van der Waals surface area contributed by atoms with Crippen molar-refractivity contribution in [3.05, 3.63) is 32.9 Å². The van der Waals surface area contributed by atoms with Gasteiger partial charge in [-0.25, -0.2) is 9.59 Å². The third kappa shape index (κ3) is 1.81. The minimum absolute atomic E-state index is 0.0488. The Balaban J connectivity index is 2.85. The van der Waals surface area contributed by atoms with Crippen LogP contribution < -0.4 is 5.63 Å². The normalized spacial score (nSPS) is 14.8. The first-order chi connectivity index (χ1) is 7.82. The lowest BCUT2D eigenvalue weighted by Gasteiger charge is -2.13. The highest BCUT2D eigenvalue weighted by Crippen LogP contribution is 2.38. The van der Waals surface area contributed by atoms with Gasteiger partial charge in [0, 0.05) is 12.0 Å². The first-order valence-corrected chi connectivity index (χ1v) is 4.81. The van der Waals surface area contributed by atoms with Crippen LogP contribution in [0.5, 0.6) is 0 Å². The molecule has 1 heterocycles. The number of carbonyl (C=O) groups is 1. The summed E-state index contributed by atoms with van der Waals surface area (Å²) < 4.78 is 43.0. The van der Waals surface area contributed by atoms with Crippen molar-refractivity contribution in [2.75, 3.05) is 0 Å². The summed E-state index contributed by atoms with van der Waals surface area (Å²) in [7, 11) is 0. The Bertz CT molecular complexity index is 542. The van der Waals surface area contributed by atoms with Crippen molar-refractivity contribution < 1.29 is 27.5 Å². The standard InChI is InChI=1S/C10H7F3O4/c11-10(12,13)7-4-2-1-3-5(4)17-9(16)6(7)8(14)15/h1-3H2,(H,14,15). The second-order valence-electron chi connectivity index (χ2n) is 3.70. The van der Waals surface area contributed by atoms with E-state index in [0.29, 0.717) is 6.42 Å². The van der Waals surface area contributed by atoms with E-state index in [9.17, 15) is 22.8 Å². The minimum Gasteiger partial charge on any atom is -0.477 e. The Morgan fingerprint density at radius 3 is 2.47 bits per heavy atom. The third-order valence-electron chi connectivity index (χ3n) is 2.64. The Morgan fingerprint density at radius 1 is 1.29 bits per heavy atom. The maximum atomic E-state index is 12.8. The number of fused-ring (bicyclic) bond motifs is 1. The molecule has 1 aliphatic carbocycles. The molecule has 1 aromatic heterocycles. The predicted molar refractivity (Wildman–Crippen MR) is 49.0 cm³/mol. The van der Waals surface area contributed by atoms with Crippen molar-refractivity contribution in [1.29, 1.82) is 0 Å². The summed E-state index contributed by atoms with van der Waals surface area (Å²) in [6, 6.07) is 0. The number of rotatable bonds is 1. The highest BCUT2D eigenvalue weighted by molar-refractivity contribution is 5.89. The number of hydrogen-bond acceptors (Lipinski definition) is 3. The lowest BCUT2D eigenvalue weighted by Crippen LogP contribution is -2.24. The number of halogens is 3. The van der Waals surface area contributed by atoms with Crippen LogP contribution in [0.2, 0.25) is 0 Å². The predicted octanol–water partition coefficient (Wildman–Crippen LogP) is 1.85. The molecule has 0 saturated heterocycles. The molecule has 0 unspecified atom stereocenters. The molecule has 0 saturated carbocycles. The van der Waals surface area contributed by atoms with E-state index in [-0.39, 0.29) is 24.2 Å². The van der Waals surface area contributed by atoms with Gasteiger partial charge >= 0.3 is 17.8 Å². The van der Waals surface area contributed by atoms with Crippen LogP contribution in [-0.2, 0) is 19.0 Å². The van der Waals surface area contributed by atoms with Crippen molar-refractivity contribution in [2.24, 2.45) is 0 Å². The largest absolute Gasteiger partial charge is 0.477 e. The highest BCUT2D eigenvalue weighted by atomic mass is 19.4. The van der Waals surface area contributed by atoms with E-state index in [0.717, 1.165) is 0 Å². The zero-order chi connectivity index (χ0) is 12.8. The molecule has 17 heavy (non-hydrogen) atoms. The van der Waals surface area contributed by atoms with E-state index in [1.165, 1.54) is 0 Å². The van der Waals surface area contributed by atoms with Crippen molar-refractivity contribution in [1.82, 2.24) is 0 Å². The molecule has 0 aliphatic heterocycles. The van der Waals surface area contributed by atoms with Gasteiger partial charge in [-0.3, -0.25) is 0 Å². The Hall–Kier alpha value is -1.79. The quantitative estimate of drug-likeness (QED) is 0.823. The highest BCUT2D eigenvalue weighted by Gasteiger charge is 2.42. The second kappa shape index (κ2) is 3.61. The van der Waals surface area contributed by atoms with Crippen molar-refractivity contribution in [2.45, 2.75) is 25.4 Å². The van der Waals surface area contributed by atoms with E-state index in [4.69, 9.17) is 5.11 Å². The molecule has 2 rings (SSSR count). The average Bonchev–Trinajstić information content (AvgIpc) is 2.60. The molecule has 92 valence electrons. The molecule has 0 radical (unpaired) electrons. The molecule has 1 N–H and O–H groups in total. The monoisotopic (exact) mass is 248 g/mol. The Labute approximate surface area is 92.7 Å². The zero-order valence-corrected chi connectivity index (χ0v) is 8.43. The van der Waals surface area contributed by atoms with Gasteiger partial charge in [0.25, 0.3) is 0 Å². The van der Waals surface area contributed by atoms with Crippen LogP contribution in [0.3, 0.4) is 0 Å². The fraction of sp³-hybridized carbons (Fsp3) is 0.400. The Morgan fingerprint density at radius 2 is 1.94 bits per heavy atom. The summed E-state index contributed by atoms with van der Waals surface area (Å²) in [5, 5.41) is 8.68. The molecule has 1 aliphatic rings. The lowest BCUT2D eigenvalue weighted by molar-refractivity contribution is -0.139. The van der Waals surface area contributed by atoms with Gasteiger partial charge in [0.2, 0.25) is 0 Å². The van der Waals surface area contributed by atoms with Crippen LogP contribution >= 0.6 is 0 Å². The molecule has 0 amide bonds. The molecular weight excluding hydrogens is 241 g/mol. The topological polar surface area (TPSA) is 67.5 Å². The zero-order valence-electron chi connectivity index (χ0n) is 8.43.